The number of carbonyl (C=O) groups excluding carboxylic acids is 2. The Balaban J connectivity index is 1.68. The Morgan fingerprint density at radius 1 is 1.03 bits per heavy atom. The lowest BCUT2D eigenvalue weighted by atomic mass is 9.99. The molecule has 0 aliphatic heterocycles. The van der Waals surface area contributed by atoms with E-state index >= 15 is 0 Å². The van der Waals surface area contributed by atoms with Crippen molar-refractivity contribution in [1.82, 2.24) is 0 Å². The number of aliphatic carboxylic acids is 1. The van der Waals surface area contributed by atoms with Crippen molar-refractivity contribution in [2.45, 2.75) is 56.7 Å². The number of hydrogen-bond acceptors (Lipinski definition) is 6. The number of carboxylic acids is 1. The molecule has 1 aliphatic carbocycles. The summed E-state index contributed by atoms with van der Waals surface area (Å²) in [5, 5.41) is 8.91. The van der Waals surface area contributed by atoms with E-state index in [1.54, 1.807) is 6.07 Å². The third kappa shape index (κ3) is 5.66. The largest absolute Gasteiger partial charge is 0.514 e. The average molecular weight is 462 g/mol. The summed E-state index contributed by atoms with van der Waals surface area (Å²) < 4.78 is 44.1. The molecular formula is C24H24F2O7. The third-order valence-electron chi connectivity index (χ3n) is 5.69. The molecule has 1 N–H and O–H groups in total. The first kappa shape index (κ1) is 24.2. The van der Waals surface area contributed by atoms with Gasteiger partial charge >= 0.3 is 24.0 Å². The second kappa shape index (κ2) is 9.97. The molecule has 7 nitrogen and oxygen atoms in total. The molecule has 9 heteroatoms. The maximum atomic E-state index is 14.3. The summed E-state index contributed by atoms with van der Waals surface area (Å²) in [7, 11) is 0. The van der Waals surface area contributed by atoms with Crippen molar-refractivity contribution >= 4 is 18.1 Å². The minimum absolute atomic E-state index is 0.0938. The second-order valence-electron chi connectivity index (χ2n) is 7.85. The molecule has 1 unspecified atom stereocenters. The van der Waals surface area contributed by atoms with Gasteiger partial charge < -0.3 is 19.3 Å². The Hall–Kier alpha value is -3.49. The molecule has 3 rings (SSSR count). The van der Waals surface area contributed by atoms with Crippen LogP contribution in [-0.2, 0) is 14.3 Å². The van der Waals surface area contributed by atoms with Gasteiger partial charge in [0.2, 0.25) is 6.10 Å². The minimum Gasteiger partial charge on any atom is -0.477 e. The van der Waals surface area contributed by atoms with Crippen LogP contribution in [0.25, 0.3) is 0 Å². The Kier molecular flexibility index (Phi) is 7.30. The van der Waals surface area contributed by atoms with Crippen LogP contribution >= 0.6 is 0 Å². The number of carbonyl (C=O) groups is 3. The summed E-state index contributed by atoms with van der Waals surface area (Å²) in [6.07, 6.45) is 0.979. The number of benzene rings is 2. The molecule has 1 aliphatic rings. The van der Waals surface area contributed by atoms with E-state index in [1.807, 2.05) is 6.92 Å². The summed E-state index contributed by atoms with van der Waals surface area (Å²) in [5.74, 6) is -7.83. The molecule has 0 bridgehead atoms. The molecule has 2 aromatic carbocycles. The molecule has 0 heterocycles. The normalized spacial score (nSPS) is 16.0. The van der Waals surface area contributed by atoms with Crippen LogP contribution in [0, 0.1) is 0 Å². The Bertz CT molecular complexity index is 984. The highest BCUT2D eigenvalue weighted by molar-refractivity contribution is 5.90. The zero-order chi connectivity index (χ0) is 24.1. The molecule has 0 saturated heterocycles. The number of alkyl halides is 2. The number of halogens is 2. The molecular weight excluding hydrogens is 438 g/mol. The van der Waals surface area contributed by atoms with Crippen LogP contribution in [-0.4, -0.2) is 34.7 Å². The van der Waals surface area contributed by atoms with Crippen molar-refractivity contribution in [3.63, 3.8) is 0 Å². The molecule has 1 fully saturated rings. The molecule has 1 saturated carbocycles. The first-order valence-electron chi connectivity index (χ1n) is 10.5. The highest BCUT2D eigenvalue weighted by Crippen LogP contribution is 2.37. The van der Waals surface area contributed by atoms with Gasteiger partial charge in [-0.15, -0.1) is 0 Å². The van der Waals surface area contributed by atoms with Crippen LogP contribution in [0.4, 0.5) is 13.6 Å². The summed E-state index contributed by atoms with van der Waals surface area (Å²) in [6.45, 7) is 1.94. The highest BCUT2D eigenvalue weighted by Gasteiger charge is 2.51. The quantitative estimate of drug-likeness (QED) is 0.406. The Labute approximate surface area is 189 Å². The summed E-state index contributed by atoms with van der Waals surface area (Å²) in [4.78, 5) is 35.7. The van der Waals surface area contributed by atoms with Crippen LogP contribution in [0.15, 0.2) is 54.6 Å². The van der Waals surface area contributed by atoms with E-state index in [2.05, 4.69) is 0 Å². The minimum atomic E-state index is -4.35. The first-order chi connectivity index (χ1) is 15.7. The van der Waals surface area contributed by atoms with Gasteiger partial charge in [0, 0.05) is 0 Å². The van der Waals surface area contributed by atoms with Gasteiger partial charge in [0.25, 0.3) is 0 Å². The smallest absolute Gasteiger partial charge is 0.477 e. The lowest BCUT2D eigenvalue weighted by Gasteiger charge is -2.26. The maximum absolute atomic E-state index is 14.3. The fourth-order valence-electron chi connectivity index (χ4n) is 3.77. The van der Waals surface area contributed by atoms with Crippen molar-refractivity contribution in [3.8, 4) is 5.75 Å². The number of hydrogen-bond donors (Lipinski definition) is 1. The van der Waals surface area contributed by atoms with Gasteiger partial charge in [-0.05, 0) is 61.9 Å². The van der Waals surface area contributed by atoms with Crippen LogP contribution in [0.3, 0.4) is 0 Å². The van der Waals surface area contributed by atoms with Crippen LogP contribution in [0.5, 0.6) is 5.75 Å². The summed E-state index contributed by atoms with van der Waals surface area (Å²) >= 11 is 0. The highest BCUT2D eigenvalue weighted by atomic mass is 19.3. The van der Waals surface area contributed by atoms with Crippen molar-refractivity contribution in [3.05, 3.63) is 65.7 Å². The van der Waals surface area contributed by atoms with Gasteiger partial charge in [0.15, 0.2) is 0 Å². The number of esters is 1. The first-order valence-corrected chi connectivity index (χ1v) is 10.5. The van der Waals surface area contributed by atoms with Crippen molar-refractivity contribution in [1.29, 1.82) is 0 Å². The fraction of sp³-hybridized carbons (Fsp3) is 0.375. The van der Waals surface area contributed by atoms with Crippen molar-refractivity contribution in [2.24, 2.45) is 0 Å². The second-order valence-corrected chi connectivity index (χ2v) is 7.85. The van der Waals surface area contributed by atoms with E-state index in [-0.39, 0.29) is 16.9 Å². The Morgan fingerprint density at radius 3 is 2.18 bits per heavy atom. The molecule has 0 amide bonds. The standard InChI is InChI=1S/C24H24F2O7/c1-2-23(14-6-7-15-23)33-22(30)31-18-12-10-17(11-13-18)20(27)32-19(24(25,26)21(28)29)16-8-4-3-5-9-16/h3-5,8-13,19H,2,6-7,14-15H2,1H3,(H,28,29). The number of carboxylic acid groups (broad SMARTS) is 1. The predicted molar refractivity (Wildman–Crippen MR) is 112 cm³/mol. The zero-order valence-electron chi connectivity index (χ0n) is 18.0. The van der Waals surface area contributed by atoms with Crippen molar-refractivity contribution in [2.75, 3.05) is 0 Å². The van der Waals surface area contributed by atoms with E-state index in [4.69, 9.17) is 19.3 Å². The average Bonchev–Trinajstić information content (AvgIpc) is 3.26. The lowest BCUT2D eigenvalue weighted by molar-refractivity contribution is -0.183. The van der Waals surface area contributed by atoms with E-state index in [0.717, 1.165) is 25.7 Å². The molecule has 176 valence electrons. The predicted octanol–water partition coefficient (Wildman–Crippen LogP) is 5.54. The van der Waals surface area contributed by atoms with Gasteiger partial charge in [0.1, 0.15) is 11.4 Å². The third-order valence-corrected chi connectivity index (χ3v) is 5.69. The monoisotopic (exact) mass is 462 g/mol. The fourth-order valence-corrected chi connectivity index (χ4v) is 3.77. The molecule has 0 radical (unpaired) electrons. The van der Waals surface area contributed by atoms with Crippen LogP contribution < -0.4 is 4.74 Å². The van der Waals surface area contributed by atoms with Crippen LogP contribution in [0.1, 0.15) is 61.1 Å². The van der Waals surface area contributed by atoms with Gasteiger partial charge in [-0.2, -0.15) is 8.78 Å². The van der Waals surface area contributed by atoms with E-state index in [1.165, 1.54) is 48.5 Å². The maximum Gasteiger partial charge on any atom is 0.514 e. The zero-order valence-corrected chi connectivity index (χ0v) is 18.0. The SMILES string of the molecule is CCC1(OC(=O)Oc2ccc(C(=O)OC(c3ccccc3)C(F)(F)C(=O)O)cc2)CCCC1. The molecule has 0 aromatic heterocycles. The van der Waals surface area contributed by atoms with E-state index in [9.17, 15) is 23.2 Å². The van der Waals surface area contributed by atoms with E-state index < -0.39 is 35.7 Å². The molecule has 33 heavy (non-hydrogen) atoms. The Morgan fingerprint density at radius 2 is 1.64 bits per heavy atom. The molecule has 2 aromatic rings. The summed E-state index contributed by atoms with van der Waals surface area (Å²) in [6, 6.07) is 11.9. The lowest BCUT2D eigenvalue weighted by Crippen LogP contribution is -2.38. The van der Waals surface area contributed by atoms with Gasteiger partial charge in [-0.1, -0.05) is 37.3 Å². The van der Waals surface area contributed by atoms with E-state index in [0.29, 0.717) is 6.42 Å². The molecule has 1 atom stereocenters. The van der Waals surface area contributed by atoms with Crippen LogP contribution in [0.2, 0.25) is 0 Å². The topological polar surface area (TPSA) is 99.1 Å². The summed E-state index contributed by atoms with van der Waals surface area (Å²) in [5.41, 5.74) is -0.820. The van der Waals surface area contributed by atoms with Crippen molar-refractivity contribution < 1.29 is 42.5 Å². The van der Waals surface area contributed by atoms with Gasteiger partial charge in [-0.3, -0.25) is 0 Å². The number of rotatable bonds is 8. The number of ether oxygens (including phenoxy) is 3. The molecule has 0 spiro atoms. The van der Waals surface area contributed by atoms with Gasteiger partial charge in [-0.25, -0.2) is 14.4 Å². The van der Waals surface area contributed by atoms with Gasteiger partial charge in [0.05, 0.1) is 5.56 Å².